The van der Waals surface area contributed by atoms with Crippen LogP contribution in [0.4, 0.5) is 0 Å². The van der Waals surface area contributed by atoms with Gasteiger partial charge in [0.2, 0.25) is 0 Å². The topological polar surface area (TPSA) is 38.0 Å². The van der Waals surface area contributed by atoms with Gasteiger partial charge in [0.1, 0.15) is 0 Å². The molecule has 0 heterocycles. The van der Waals surface area contributed by atoms with Crippen LogP contribution in [-0.2, 0) is 0 Å². The first kappa shape index (κ1) is 14.2. The van der Waals surface area contributed by atoms with Crippen molar-refractivity contribution in [3.05, 3.63) is 44.0 Å². The van der Waals surface area contributed by atoms with Gasteiger partial charge in [-0.1, -0.05) is 35.0 Å². The first-order chi connectivity index (χ1) is 7.58. The molecular weight excluding hydrogens is 379 g/mol. The van der Waals surface area contributed by atoms with E-state index in [4.69, 9.17) is 5.84 Å². The number of nitrogens with two attached hydrogens (primary N) is 1. The molecule has 0 aliphatic rings. The average molecular weight is 395 g/mol. The lowest BCUT2D eigenvalue weighted by Gasteiger charge is -2.19. The molecule has 4 heteroatoms. The number of hydrogen-bond donors (Lipinski definition) is 2. The number of rotatable bonds is 5. The van der Waals surface area contributed by atoms with E-state index in [9.17, 15) is 0 Å². The van der Waals surface area contributed by atoms with Crippen molar-refractivity contribution in [2.75, 3.05) is 0 Å². The molecule has 0 radical (unpaired) electrons. The van der Waals surface area contributed by atoms with Crippen LogP contribution in [0.25, 0.3) is 0 Å². The number of nitrogens with one attached hydrogen (secondary N) is 1. The predicted octanol–water partition coefficient (Wildman–Crippen LogP) is 3.91. The van der Waals surface area contributed by atoms with Gasteiger partial charge in [-0.25, -0.2) is 0 Å². The Bertz CT molecular complexity index is 379. The molecule has 0 aliphatic heterocycles. The third-order valence-electron chi connectivity index (χ3n) is 2.53. The van der Waals surface area contributed by atoms with Gasteiger partial charge in [-0.05, 0) is 59.2 Å². The minimum atomic E-state index is 0.136. The minimum Gasteiger partial charge on any atom is -0.271 e. The van der Waals surface area contributed by atoms with Gasteiger partial charge in [-0.3, -0.25) is 11.3 Å². The molecule has 16 heavy (non-hydrogen) atoms. The maximum atomic E-state index is 5.62. The highest BCUT2D eigenvalue weighted by molar-refractivity contribution is 14.1. The van der Waals surface area contributed by atoms with Crippen molar-refractivity contribution < 1.29 is 0 Å². The summed E-state index contributed by atoms with van der Waals surface area (Å²) in [5.41, 5.74) is 5.29. The molecule has 88 valence electrons. The van der Waals surface area contributed by atoms with E-state index in [1.807, 2.05) is 6.07 Å². The Morgan fingerprint density at radius 1 is 1.62 bits per heavy atom. The molecule has 1 unspecified atom stereocenters. The van der Waals surface area contributed by atoms with Crippen molar-refractivity contribution in [1.29, 1.82) is 0 Å². The van der Waals surface area contributed by atoms with Gasteiger partial charge in [0, 0.05) is 8.04 Å². The van der Waals surface area contributed by atoms with Crippen molar-refractivity contribution in [3.63, 3.8) is 0 Å². The Morgan fingerprint density at radius 3 is 2.88 bits per heavy atom. The zero-order valence-corrected chi connectivity index (χ0v) is 13.0. The highest BCUT2D eigenvalue weighted by Crippen LogP contribution is 2.28. The molecule has 1 atom stereocenters. The monoisotopic (exact) mass is 394 g/mol. The standard InChI is InChI=1S/C12H16BrIN2/c1-3-8(2)6-12(16-15)10-7-9(13)4-5-11(10)14/h4-5,7,12,16H,2-3,6,15H2,1H3. The normalized spacial score (nSPS) is 12.5. The quantitative estimate of drug-likeness (QED) is 0.344. The second-order valence-electron chi connectivity index (χ2n) is 3.69. The number of hydrogen-bond acceptors (Lipinski definition) is 2. The van der Waals surface area contributed by atoms with Gasteiger partial charge in [-0.2, -0.15) is 0 Å². The number of benzene rings is 1. The Hall–Kier alpha value is 0.0900. The maximum absolute atomic E-state index is 5.62. The average Bonchev–Trinajstić information content (AvgIpc) is 2.29. The zero-order valence-electron chi connectivity index (χ0n) is 9.26. The minimum absolute atomic E-state index is 0.136. The van der Waals surface area contributed by atoms with E-state index in [2.05, 4.69) is 69.6 Å². The van der Waals surface area contributed by atoms with Crippen LogP contribution >= 0.6 is 38.5 Å². The zero-order chi connectivity index (χ0) is 12.1. The van der Waals surface area contributed by atoms with E-state index in [-0.39, 0.29) is 6.04 Å². The van der Waals surface area contributed by atoms with E-state index < -0.39 is 0 Å². The molecule has 0 bridgehead atoms. The van der Waals surface area contributed by atoms with Crippen LogP contribution in [0.15, 0.2) is 34.8 Å². The van der Waals surface area contributed by atoms with Crippen LogP contribution < -0.4 is 11.3 Å². The smallest absolute Gasteiger partial charge is 0.0507 e. The largest absolute Gasteiger partial charge is 0.271 e. The number of hydrazine groups is 1. The summed E-state index contributed by atoms with van der Waals surface area (Å²) in [5, 5.41) is 0. The SMILES string of the molecule is C=C(CC)CC(NN)c1cc(Br)ccc1I. The summed E-state index contributed by atoms with van der Waals surface area (Å²) < 4.78 is 2.29. The van der Waals surface area contributed by atoms with Crippen LogP contribution in [0.3, 0.4) is 0 Å². The lowest BCUT2D eigenvalue weighted by atomic mass is 9.99. The Morgan fingerprint density at radius 2 is 2.31 bits per heavy atom. The van der Waals surface area contributed by atoms with Crippen LogP contribution in [0.5, 0.6) is 0 Å². The summed E-state index contributed by atoms with van der Waals surface area (Å²) >= 11 is 5.81. The van der Waals surface area contributed by atoms with Gasteiger partial charge in [0.15, 0.2) is 0 Å². The van der Waals surface area contributed by atoms with Gasteiger partial charge in [0.25, 0.3) is 0 Å². The van der Waals surface area contributed by atoms with Gasteiger partial charge in [-0.15, -0.1) is 0 Å². The highest BCUT2D eigenvalue weighted by Gasteiger charge is 2.14. The first-order valence-corrected chi connectivity index (χ1v) is 7.03. The van der Waals surface area contributed by atoms with Crippen LogP contribution in [0.1, 0.15) is 31.4 Å². The van der Waals surface area contributed by atoms with E-state index >= 15 is 0 Å². The lowest BCUT2D eigenvalue weighted by Crippen LogP contribution is -2.28. The van der Waals surface area contributed by atoms with Crippen LogP contribution in [0, 0.1) is 3.57 Å². The molecule has 0 amide bonds. The molecule has 0 aromatic heterocycles. The molecule has 1 aromatic rings. The fourth-order valence-electron chi connectivity index (χ4n) is 1.47. The molecule has 0 aliphatic carbocycles. The molecule has 2 nitrogen and oxygen atoms in total. The molecule has 0 saturated heterocycles. The van der Waals surface area contributed by atoms with Gasteiger partial charge in [0.05, 0.1) is 6.04 Å². The molecule has 3 N–H and O–H groups in total. The van der Waals surface area contributed by atoms with Crippen molar-refractivity contribution in [2.24, 2.45) is 5.84 Å². The summed E-state index contributed by atoms with van der Waals surface area (Å²) in [5.74, 6) is 5.62. The van der Waals surface area contributed by atoms with E-state index in [0.717, 1.165) is 17.3 Å². The Labute approximate surface area is 119 Å². The Kier molecular flexibility index (Phi) is 5.96. The molecule has 1 rings (SSSR count). The number of halogens is 2. The summed E-state index contributed by atoms with van der Waals surface area (Å²) in [6.07, 6.45) is 1.86. The second kappa shape index (κ2) is 6.74. The summed E-state index contributed by atoms with van der Waals surface area (Å²) in [7, 11) is 0. The lowest BCUT2D eigenvalue weighted by molar-refractivity contribution is 0.542. The molecule has 0 saturated carbocycles. The van der Waals surface area contributed by atoms with Crippen molar-refractivity contribution in [3.8, 4) is 0 Å². The third-order valence-corrected chi connectivity index (χ3v) is 4.00. The second-order valence-corrected chi connectivity index (χ2v) is 5.77. The summed E-state index contributed by atoms with van der Waals surface area (Å²) in [6.45, 7) is 6.14. The first-order valence-electron chi connectivity index (χ1n) is 5.16. The molecular formula is C12H16BrIN2. The van der Waals surface area contributed by atoms with Crippen molar-refractivity contribution in [2.45, 2.75) is 25.8 Å². The predicted molar refractivity (Wildman–Crippen MR) is 81.0 cm³/mol. The highest BCUT2D eigenvalue weighted by atomic mass is 127. The third kappa shape index (κ3) is 3.84. The summed E-state index contributed by atoms with van der Waals surface area (Å²) in [4.78, 5) is 0. The fourth-order valence-corrected chi connectivity index (χ4v) is 2.56. The van der Waals surface area contributed by atoms with E-state index in [1.54, 1.807) is 0 Å². The molecule has 0 fully saturated rings. The van der Waals surface area contributed by atoms with E-state index in [0.29, 0.717) is 0 Å². The van der Waals surface area contributed by atoms with Crippen molar-refractivity contribution in [1.82, 2.24) is 5.43 Å². The van der Waals surface area contributed by atoms with Gasteiger partial charge >= 0.3 is 0 Å². The van der Waals surface area contributed by atoms with Crippen LogP contribution in [0.2, 0.25) is 0 Å². The maximum Gasteiger partial charge on any atom is 0.0507 e. The molecule has 1 aromatic carbocycles. The summed E-state index contributed by atoms with van der Waals surface area (Å²) in [6, 6.07) is 6.36. The van der Waals surface area contributed by atoms with Crippen LogP contribution in [-0.4, -0.2) is 0 Å². The Balaban J connectivity index is 2.94. The van der Waals surface area contributed by atoms with Crippen molar-refractivity contribution >= 4 is 38.5 Å². The van der Waals surface area contributed by atoms with E-state index in [1.165, 1.54) is 14.7 Å². The fraction of sp³-hybridized carbons (Fsp3) is 0.333. The van der Waals surface area contributed by atoms with Gasteiger partial charge < -0.3 is 0 Å². The molecule has 0 spiro atoms.